The maximum absolute atomic E-state index is 13.6. The van der Waals surface area contributed by atoms with Crippen LogP contribution in [0.4, 0.5) is 10.5 Å². The standard InChI is InChI=1S/C28H33N3O3S/c1-21-12-13-26(22(2)16-21)29-28(33)31(18-24-10-6-14-34-24)20-27(32)30(19-25-11-7-15-35-25)17-23-8-4-3-5-9-23/h3-5,7-9,11-13,15-16,24H,6,10,14,17-20H2,1-2H3,(H,29,33). The largest absolute Gasteiger partial charge is 0.376 e. The molecule has 1 unspecified atom stereocenters. The number of nitrogens with one attached hydrogen (secondary N) is 1. The summed E-state index contributed by atoms with van der Waals surface area (Å²) in [5, 5.41) is 5.03. The third-order valence-corrected chi connectivity index (χ3v) is 7.04. The van der Waals surface area contributed by atoms with Crippen molar-refractivity contribution in [3.8, 4) is 0 Å². The van der Waals surface area contributed by atoms with E-state index in [9.17, 15) is 9.59 Å². The Morgan fingerprint density at radius 2 is 1.86 bits per heavy atom. The minimum absolute atomic E-state index is 0.00515. The van der Waals surface area contributed by atoms with Crippen LogP contribution in [0.25, 0.3) is 0 Å². The summed E-state index contributed by atoms with van der Waals surface area (Å²) in [5.41, 5.74) is 3.94. The highest BCUT2D eigenvalue weighted by atomic mass is 32.1. The van der Waals surface area contributed by atoms with Crippen LogP contribution in [0.5, 0.6) is 0 Å². The number of aryl methyl sites for hydroxylation is 2. The zero-order valence-corrected chi connectivity index (χ0v) is 21.2. The number of rotatable bonds is 9. The minimum atomic E-state index is -0.281. The molecule has 0 radical (unpaired) electrons. The molecule has 3 amide bonds. The van der Waals surface area contributed by atoms with Crippen molar-refractivity contribution in [2.45, 2.75) is 45.9 Å². The van der Waals surface area contributed by atoms with Gasteiger partial charge in [-0.2, -0.15) is 0 Å². The topological polar surface area (TPSA) is 61.9 Å². The van der Waals surface area contributed by atoms with E-state index in [1.165, 1.54) is 0 Å². The lowest BCUT2D eigenvalue weighted by Crippen LogP contribution is -2.46. The first kappa shape index (κ1) is 24.9. The van der Waals surface area contributed by atoms with Gasteiger partial charge in [0.15, 0.2) is 0 Å². The molecule has 1 aliphatic rings. The highest BCUT2D eigenvalue weighted by Crippen LogP contribution is 2.20. The Hall–Kier alpha value is -3.16. The number of urea groups is 1. The zero-order chi connectivity index (χ0) is 24.6. The summed E-state index contributed by atoms with van der Waals surface area (Å²) in [6, 6.07) is 19.6. The quantitative estimate of drug-likeness (QED) is 0.423. The minimum Gasteiger partial charge on any atom is -0.376 e. The van der Waals surface area contributed by atoms with Crippen LogP contribution in [-0.4, -0.2) is 47.5 Å². The molecule has 1 saturated heterocycles. The predicted octanol–water partition coefficient (Wildman–Crippen LogP) is 5.61. The number of carbonyl (C=O) groups excluding carboxylic acids is 2. The van der Waals surface area contributed by atoms with Crippen LogP contribution < -0.4 is 5.32 Å². The Labute approximate surface area is 211 Å². The molecule has 2 aromatic carbocycles. The lowest BCUT2D eigenvalue weighted by Gasteiger charge is -2.29. The Morgan fingerprint density at radius 3 is 2.54 bits per heavy atom. The average Bonchev–Trinajstić information content (AvgIpc) is 3.55. The van der Waals surface area contributed by atoms with Crippen LogP contribution in [0, 0.1) is 13.8 Å². The molecule has 0 spiro atoms. The summed E-state index contributed by atoms with van der Waals surface area (Å²) < 4.78 is 5.80. The van der Waals surface area contributed by atoms with Gasteiger partial charge in [0.1, 0.15) is 6.54 Å². The van der Waals surface area contributed by atoms with Gasteiger partial charge in [-0.3, -0.25) is 4.79 Å². The van der Waals surface area contributed by atoms with Gasteiger partial charge in [0.05, 0.1) is 12.6 Å². The van der Waals surface area contributed by atoms with Gasteiger partial charge in [0.2, 0.25) is 5.91 Å². The second-order valence-electron chi connectivity index (χ2n) is 9.08. The van der Waals surface area contributed by atoms with Crippen molar-refractivity contribution in [2.24, 2.45) is 0 Å². The molecule has 1 atom stereocenters. The molecule has 2 heterocycles. The molecule has 0 aliphatic carbocycles. The number of nitrogens with zero attached hydrogens (tertiary/aromatic N) is 2. The lowest BCUT2D eigenvalue weighted by molar-refractivity contribution is -0.133. The second kappa shape index (κ2) is 12.0. The number of thiophene rings is 1. The molecule has 184 valence electrons. The molecule has 3 aromatic rings. The van der Waals surface area contributed by atoms with Crippen LogP contribution in [0.3, 0.4) is 0 Å². The highest BCUT2D eigenvalue weighted by molar-refractivity contribution is 7.09. The first-order chi connectivity index (χ1) is 17.0. The Morgan fingerprint density at radius 1 is 1.03 bits per heavy atom. The lowest BCUT2D eigenvalue weighted by atomic mass is 10.1. The summed E-state index contributed by atoms with van der Waals surface area (Å²) in [7, 11) is 0. The van der Waals surface area contributed by atoms with Gasteiger partial charge in [-0.1, -0.05) is 54.1 Å². The molecular weight excluding hydrogens is 458 g/mol. The Bertz CT molecular complexity index is 1110. The monoisotopic (exact) mass is 491 g/mol. The van der Waals surface area contributed by atoms with Crippen molar-refractivity contribution < 1.29 is 14.3 Å². The van der Waals surface area contributed by atoms with Crippen LogP contribution >= 0.6 is 11.3 Å². The normalized spacial score (nSPS) is 15.1. The van der Waals surface area contributed by atoms with Crippen LogP contribution in [0.1, 0.15) is 34.4 Å². The molecule has 6 nitrogen and oxygen atoms in total. The summed E-state index contributed by atoms with van der Waals surface area (Å²) in [6.45, 7) is 6.08. The number of benzene rings is 2. The summed E-state index contributed by atoms with van der Waals surface area (Å²) >= 11 is 1.63. The number of hydrogen-bond acceptors (Lipinski definition) is 4. The van der Waals surface area contributed by atoms with E-state index in [1.54, 1.807) is 16.2 Å². The number of hydrogen-bond donors (Lipinski definition) is 1. The summed E-state index contributed by atoms with van der Waals surface area (Å²) in [6.07, 6.45) is 1.82. The van der Waals surface area contributed by atoms with Gasteiger partial charge in [0, 0.05) is 30.3 Å². The fourth-order valence-corrected chi connectivity index (χ4v) is 5.01. The van der Waals surface area contributed by atoms with Crippen molar-refractivity contribution >= 4 is 29.0 Å². The first-order valence-electron chi connectivity index (χ1n) is 12.1. The second-order valence-corrected chi connectivity index (χ2v) is 10.1. The third kappa shape index (κ3) is 7.16. The van der Waals surface area contributed by atoms with Crippen LogP contribution in [-0.2, 0) is 22.6 Å². The van der Waals surface area contributed by atoms with E-state index >= 15 is 0 Å². The van der Waals surface area contributed by atoms with E-state index < -0.39 is 0 Å². The first-order valence-corrected chi connectivity index (χ1v) is 12.9. The molecule has 1 aliphatic heterocycles. The van der Waals surface area contributed by atoms with Crippen LogP contribution in [0.15, 0.2) is 66.0 Å². The highest BCUT2D eigenvalue weighted by Gasteiger charge is 2.27. The molecule has 1 aromatic heterocycles. The average molecular weight is 492 g/mol. The van der Waals surface area contributed by atoms with Gasteiger partial charge < -0.3 is 19.9 Å². The SMILES string of the molecule is Cc1ccc(NC(=O)N(CC(=O)N(Cc2ccccc2)Cc2cccs2)CC2CCCO2)c(C)c1. The fraction of sp³-hybridized carbons (Fsp3) is 0.357. The molecule has 4 rings (SSSR count). The molecule has 1 fully saturated rings. The van der Waals surface area contributed by atoms with Gasteiger partial charge in [-0.05, 0) is 55.3 Å². The smallest absolute Gasteiger partial charge is 0.322 e. The molecule has 0 saturated carbocycles. The van der Waals surface area contributed by atoms with E-state index in [0.717, 1.165) is 40.1 Å². The van der Waals surface area contributed by atoms with E-state index in [0.29, 0.717) is 26.2 Å². The fourth-order valence-electron chi connectivity index (χ4n) is 4.29. The van der Waals surface area contributed by atoms with Crippen molar-refractivity contribution in [1.29, 1.82) is 0 Å². The molecule has 7 heteroatoms. The molecular formula is C28H33N3O3S. The number of carbonyl (C=O) groups is 2. The van der Waals surface area contributed by atoms with Gasteiger partial charge in [0.25, 0.3) is 0 Å². The Kier molecular flexibility index (Phi) is 8.55. The van der Waals surface area contributed by atoms with Crippen molar-refractivity contribution in [3.63, 3.8) is 0 Å². The molecule has 35 heavy (non-hydrogen) atoms. The van der Waals surface area contributed by atoms with Crippen LogP contribution in [0.2, 0.25) is 0 Å². The zero-order valence-electron chi connectivity index (χ0n) is 20.4. The number of amides is 3. The van der Waals surface area contributed by atoms with Crippen molar-refractivity contribution in [1.82, 2.24) is 9.80 Å². The van der Waals surface area contributed by atoms with E-state index in [-0.39, 0.29) is 24.6 Å². The van der Waals surface area contributed by atoms with Gasteiger partial charge >= 0.3 is 6.03 Å². The van der Waals surface area contributed by atoms with Crippen molar-refractivity contribution in [2.75, 3.05) is 25.0 Å². The maximum atomic E-state index is 13.6. The Balaban J connectivity index is 1.51. The van der Waals surface area contributed by atoms with E-state index in [1.807, 2.05) is 84.8 Å². The molecule has 1 N–H and O–H groups in total. The van der Waals surface area contributed by atoms with Gasteiger partial charge in [-0.15, -0.1) is 11.3 Å². The molecule has 0 bridgehead atoms. The van der Waals surface area contributed by atoms with E-state index in [2.05, 4.69) is 5.32 Å². The predicted molar refractivity (Wildman–Crippen MR) is 140 cm³/mol. The van der Waals surface area contributed by atoms with Crippen molar-refractivity contribution in [3.05, 3.63) is 87.6 Å². The number of anilines is 1. The summed E-state index contributed by atoms with van der Waals surface area (Å²) in [5.74, 6) is -0.0870. The summed E-state index contributed by atoms with van der Waals surface area (Å²) in [4.78, 5) is 31.5. The van der Waals surface area contributed by atoms with Gasteiger partial charge in [-0.25, -0.2) is 4.79 Å². The number of ether oxygens (including phenoxy) is 1. The third-order valence-electron chi connectivity index (χ3n) is 6.18. The van der Waals surface area contributed by atoms with E-state index in [4.69, 9.17) is 4.74 Å². The maximum Gasteiger partial charge on any atom is 0.322 e.